The molecule has 1 aliphatic heterocycles. The van der Waals surface area contributed by atoms with Crippen molar-refractivity contribution in [1.82, 2.24) is 9.88 Å². The van der Waals surface area contributed by atoms with Crippen LogP contribution in [0.2, 0.25) is 0 Å². The summed E-state index contributed by atoms with van der Waals surface area (Å²) in [6.45, 7) is 6.82. The van der Waals surface area contributed by atoms with Crippen LogP contribution in [0.25, 0.3) is 0 Å². The first kappa shape index (κ1) is 22.3. The number of hydrogen-bond acceptors (Lipinski definition) is 6. The highest BCUT2D eigenvalue weighted by Crippen LogP contribution is 2.24. The van der Waals surface area contributed by atoms with Crippen molar-refractivity contribution in [2.45, 2.75) is 13.8 Å². The van der Waals surface area contributed by atoms with Gasteiger partial charge in [0.1, 0.15) is 11.6 Å². The minimum atomic E-state index is -0.0388. The van der Waals surface area contributed by atoms with Gasteiger partial charge in [-0.2, -0.15) is 0 Å². The van der Waals surface area contributed by atoms with Gasteiger partial charge in [-0.25, -0.2) is 4.98 Å². The maximum atomic E-state index is 13.3. The number of ketones is 1. The third kappa shape index (κ3) is 5.31. The molecule has 7 nitrogen and oxygen atoms in total. The zero-order valence-electron chi connectivity index (χ0n) is 19.0. The minimum absolute atomic E-state index is 0.0388. The van der Waals surface area contributed by atoms with Crippen LogP contribution in [0.15, 0.2) is 66.9 Å². The molecule has 3 aromatic rings. The summed E-state index contributed by atoms with van der Waals surface area (Å²) in [6, 6.07) is 18.8. The molecule has 0 spiro atoms. The fourth-order valence-electron chi connectivity index (χ4n) is 3.86. The monoisotopic (exact) mass is 444 g/mol. The topological polar surface area (TPSA) is 74.8 Å². The van der Waals surface area contributed by atoms with E-state index < -0.39 is 0 Å². The molecule has 0 unspecified atom stereocenters. The quantitative estimate of drug-likeness (QED) is 0.545. The van der Waals surface area contributed by atoms with E-state index in [-0.39, 0.29) is 11.7 Å². The molecule has 7 heteroatoms. The van der Waals surface area contributed by atoms with Gasteiger partial charge >= 0.3 is 0 Å². The molecule has 1 saturated heterocycles. The van der Waals surface area contributed by atoms with Crippen molar-refractivity contribution in [3.63, 3.8) is 0 Å². The Morgan fingerprint density at radius 1 is 0.970 bits per heavy atom. The Balaban J connectivity index is 1.41. The maximum Gasteiger partial charge on any atom is 0.257 e. The van der Waals surface area contributed by atoms with Gasteiger partial charge in [-0.15, -0.1) is 0 Å². The average Bonchev–Trinajstić information content (AvgIpc) is 2.85. The van der Waals surface area contributed by atoms with Gasteiger partial charge in [0.25, 0.3) is 5.91 Å². The van der Waals surface area contributed by atoms with Crippen LogP contribution in [0.1, 0.15) is 34.6 Å². The van der Waals surface area contributed by atoms with E-state index in [1.54, 1.807) is 25.3 Å². The predicted molar refractivity (Wildman–Crippen MR) is 130 cm³/mol. The molecule has 1 aliphatic rings. The zero-order chi connectivity index (χ0) is 23.2. The van der Waals surface area contributed by atoms with E-state index in [2.05, 4.69) is 15.2 Å². The number of ether oxygens (including phenoxy) is 1. The van der Waals surface area contributed by atoms with E-state index >= 15 is 0 Å². The highest BCUT2D eigenvalue weighted by Gasteiger charge is 2.24. The van der Waals surface area contributed by atoms with E-state index in [9.17, 15) is 9.59 Å². The first-order valence-corrected chi connectivity index (χ1v) is 11.2. The van der Waals surface area contributed by atoms with Crippen LogP contribution in [0.5, 0.6) is 5.75 Å². The molecule has 33 heavy (non-hydrogen) atoms. The average molecular weight is 445 g/mol. The van der Waals surface area contributed by atoms with E-state index in [0.717, 1.165) is 30.2 Å². The molecule has 1 amide bonds. The highest BCUT2D eigenvalue weighted by molar-refractivity contribution is 5.99. The Kier molecular flexibility index (Phi) is 6.88. The molecule has 2 heterocycles. The fourth-order valence-corrected chi connectivity index (χ4v) is 3.86. The number of anilines is 3. The number of hydrogen-bond donors (Lipinski definition) is 1. The van der Waals surface area contributed by atoms with Gasteiger partial charge in [-0.3, -0.25) is 9.59 Å². The number of amides is 1. The molecular formula is C26H28N4O3. The van der Waals surface area contributed by atoms with Gasteiger partial charge in [-0.05, 0) is 74.5 Å². The SMILES string of the molecule is CCOc1ccc(Nc2ncccc2C(=O)N2CCN(c3ccc(C(C)=O)cc3)CC2)cc1. The lowest BCUT2D eigenvalue weighted by atomic mass is 10.1. The van der Waals surface area contributed by atoms with Crippen molar-refractivity contribution in [3.8, 4) is 5.75 Å². The van der Waals surface area contributed by atoms with Gasteiger partial charge in [0.05, 0.1) is 12.2 Å². The standard InChI is InChI=1S/C26H28N4O3/c1-3-33-23-12-8-21(9-13-23)28-25-24(5-4-14-27-25)26(32)30-17-15-29(16-18-30)22-10-6-20(7-11-22)19(2)31/h4-14H,3,15-18H2,1-2H3,(H,27,28). The molecule has 0 atom stereocenters. The summed E-state index contributed by atoms with van der Waals surface area (Å²) in [4.78, 5) is 33.3. The molecule has 0 saturated carbocycles. The minimum Gasteiger partial charge on any atom is -0.494 e. The number of aromatic nitrogens is 1. The zero-order valence-corrected chi connectivity index (χ0v) is 19.0. The Hall–Kier alpha value is -3.87. The number of piperazine rings is 1. The smallest absolute Gasteiger partial charge is 0.257 e. The summed E-state index contributed by atoms with van der Waals surface area (Å²) in [6.07, 6.45) is 1.68. The molecule has 0 bridgehead atoms. The van der Waals surface area contributed by atoms with Crippen LogP contribution < -0.4 is 15.0 Å². The van der Waals surface area contributed by atoms with Crippen molar-refractivity contribution in [3.05, 3.63) is 78.0 Å². The molecule has 1 N–H and O–H groups in total. The van der Waals surface area contributed by atoms with Crippen LogP contribution in [0.4, 0.5) is 17.2 Å². The van der Waals surface area contributed by atoms with Crippen molar-refractivity contribution in [2.75, 3.05) is 43.0 Å². The van der Waals surface area contributed by atoms with E-state index in [1.165, 1.54) is 0 Å². The second kappa shape index (κ2) is 10.2. The summed E-state index contributed by atoms with van der Waals surface area (Å²) < 4.78 is 5.49. The second-order valence-electron chi connectivity index (χ2n) is 7.86. The van der Waals surface area contributed by atoms with E-state index in [4.69, 9.17) is 4.74 Å². The summed E-state index contributed by atoms with van der Waals surface area (Å²) >= 11 is 0. The third-order valence-electron chi connectivity index (χ3n) is 5.67. The summed E-state index contributed by atoms with van der Waals surface area (Å²) in [5, 5.41) is 3.26. The molecule has 170 valence electrons. The van der Waals surface area contributed by atoms with Crippen molar-refractivity contribution in [2.24, 2.45) is 0 Å². The first-order chi connectivity index (χ1) is 16.0. The Labute approximate surface area is 194 Å². The number of rotatable bonds is 7. The van der Waals surface area contributed by atoms with Crippen LogP contribution in [-0.4, -0.2) is 54.4 Å². The van der Waals surface area contributed by atoms with Gasteiger partial charge in [0.2, 0.25) is 0 Å². The normalized spacial score (nSPS) is 13.5. The van der Waals surface area contributed by atoms with Crippen LogP contribution in [0.3, 0.4) is 0 Å². The Morgan fingerprint density at radius 3 is 2.30 bits per heavy atom. The number of benzene rings is 2. The molecule has 0 radical (unpaired) electrons. The largest absolute Gasteiger partial charge is 0.494 e. The Morgan fingerprint density at radius 2 is 1.67 bits per heavy atom. The first-order valence-electron chi connectivity index (χ1n) is 11.2. The van der Waals surface area contributed by atoms with E-state index in [1.807, 2.05) is 60.4 Å². The highest BCUT2D eigenvalue weighted by atomic mass is 16.5. The van der Waals surface area contributed by atoms with Gasteiger partial charge < -0.3 is 19.9 Å². The number of carbonyl (C=O) groups excluding carboxylic acids is 2. The lowest BCUT2D eigenvalue weighted by Gasteiger charge is -2.36. The molecular weight excluding hydrogens is 416 g/mol. The summed E-state index contributed by atoms with van der Waals surface area (Å²) in [5.74, 6) is 1.36. The molecule has 1 aromatic heterocycles. The Bertz CT molecular complexity index is 1110. The third-order valence-corrected chi connectivity index (χ3v) is 5.67. The lowest BCUT2D eigenvalue weighted by molar-refractivity contribution is 0.0747. The number of Topliss-reactive ketones (excluding diaryl/α,β-unsaturated/α-hetero) is 1. The van der Waals surface area contributed by atoms with Crippen molar-refractivity contribution < 1.29 is 14.3 Å². The summed E-state index contributed by atoms with van der Waals surface area (Å²) in [5.41, 5.74) is 3.15. The number of nitrogens with zero attached hydrogens (tertiary/aromatic N) is 3. The molecule has 2 aromatic carbocycles. The molecule has 1 fully saturated rings. The summed E-state index contributed by atoms with van der Waals surface area (Å²) in [7, 11) is 0. The second-order valence-corrected chi connectivity index (χ2v) is 7.86. The molecule has 4 rings (SSSR count). The van der Waals surface area contributed by atoms with Gasteiger partial charge in [0, 0.05) is 49.3 Å². The van der Waals surface area contributed by atoms with Gasteiger partial charge in [-0.1, -0.05) is 0 Å². The van der Waals surface area contributed by atoms with E-state index in [0.29, 0.717) is 36.6 Å². The van der Waals surface area contributed by atoms with Crippen molar-refractivity contribution >= 4 is 28.9 Å². The number of nitrogens with one attached hydrogen (secondary N) is 1. The molecule has 0 aliphatic carbocycles. The van der Waals surface area contributed by atoms with Gasteiger partial charge in [0.15, 0.2) is 5.78 Å². The number of pyridine rings is 1. The van der Waals surface area contributed by atoms with Crippen molar-refractivity contribution in [1.29, 1.82) is 0 Å². The predicted octanol–water partition coefficient (Wildman–Crippen LogP) is 4.39. The maximum absolute atomic E-state index is 13.3. The fraction of sp³-hybridized carbons (Fsp3) is 0.269. The van der Waals surface area contributed by atoms with Crippen LogP contribution in [-0.2, 0) is 0 Å². The van der Waals surface area contributed by atoms with Crippen LogP contribution >= 0.6 is 0 Å². The number of carbonyl (C=O) groups is 2. The lowest BCUT2D eigenvalue weighted by Crippen LogP contribution is -2.48. The van der Waals surface area contributed by atoms with Crippen LogP contribution in [0, 0.1) is 0 Å².